The van der Waals surface area contributed by atoms with Crippen molar-refractivity contribution in [1.82, 2.24) is 15.1 Å². The fourth-order valence-corrected chi connectivity index (χ4v) is 2.70. The van der Waals surface area contributed by atoms with E-state index < -0.39 is 17.6 Å². The van der Waals surface area contributed by atoms with Gasteiger partial charge in [-0.3, -0.25) is 4.79 Å². The van der Waals surface area contributed by atoms with Crippen LogP contribution in [0, 0.1) is 6.92 Å². The van der Waals surface area contributed by atoms with Crippen molar-refractivity contribution in [3.63, 3.8) is 0 Å². The Morgan fingerprint density at radius 3 is 2.46 bits per heavy atom. The Balaban J connectivity index is 2.13. The Kier molecular flexibility index (Phi) is 6.08. The summed E-state index contributed by atoms with van der Waals surface area (Å²) in [5.41, 5.74) is 1.23. The van der Waals surface area contributed by atoms with Gasteiger partial charge in [0.15, 0.2) is 6.10 Å². The first kappa shape index (κ1) is 20.0. The first-order chi connectivity index (χ1) is 12.1. The predicted octanol–water partition coefficient (Wildman–Crippen LogP) is 3.35. The summed E-state index contributed by atoms with van der Waals surface area (Å²) in [5, 5.41) is 7.29. The number of ether oxygens (including phenoxy) is 1. The number of esters is 1. The highest BCUT2D eigenvalue weighted by Gasteiger charge is 2.27. The number of amides is 1. The molecule has 1 atom stereocenters. The third kappa shape index (κ3) is 5.08. The molecule has 0 aliphatic rings. The normalized spacial score (nSPS) is 12.5. The Morgan fingerprint density at radius 1 is 1.27 bits per heavy atom. The minimum absolute atomic E-state index is 0.179. The number of aromatic nitrogens is 2. The maximum absolute atomic E-state index is 12.5. The Labute approximate surface area is 158 Å². The van der Waals surface area contributed by atoms with Crippen molar-refractivity contribution in [3.8, 4) is 0 Å². The molecule has 1 aromatic heterocycles. The van der Waals surface area contributed by atoms with Gasteiger partial charge in [0.1, 0.15) is 10.7 Å². The van der Waals surface area contributed by atoms with Gasteiger partial charge in [-0.1, -0.05) is 41.9 Å². The lowest BCUT2D eigenvalue weighted by molar-refractivity contribution is -0.130. The summed E-state index contributed by atoms with van der Waals surface area (Å²) < 4.78 is 6.82. The number of benzene rings is 1. The van der Waals surface area contributed by atoms with Crippen LogP contribution in [-0.4, -0.2) is 33.3 Å². The molecule has 6 nitrogen and oxygen atoms in total. The van der Waals surface area contributed by atoms with E-state index in [1.165, 1.54) is 6.92 Å². The zero-order chi connectivity index (χ0) is 19.5. The van der Waals surface area contributed by atoms with Crippen molar-refractivity contribution in [2.75, 3.05) is 0 Å². The smallest absolute Gasteiger partial charge is 0.343 e. The molecule has 0 bridgehead atoms. The minimum atomic E-state index is -0.935. The number of aryl methyl sites for hydroxylation is 1. The fraction of sp³-hybridized carbons (Fsp3) is 0.421. The average Bonchev–Trinajstić information content (AvgIpc) is 2.80. The highest BCUT2D eigenvalue weighted by molar-refractivity contribution is 6.32. The van der Waals surface area contributed by atoms with Gasteiger partial charge >= 0.3 is 5.97 Å². The van der Waals surface area contributed by atoms with Gasteiger partial charge in [-0.15, -0.1) is 0 Å². The number of carbonyl (C=O) groups excluding carboxylic acids is 2. The summed E-state index contributed by atoms with van der Waals surface area (Å²) in [7, 11) is 0. The molecule has 140 valence electrons. The van der Waals surface area contributed by atoms with E-state index in [0.29, 0.717) is 12.2 Å². The van der Waals surface area contributed by atoms with E-state index in [2.05, 4.69) is 10.4 Å². The first-order valence-electron chi connectivity index (χ1n) is 8.38. The number of halogens is 1. The molecule has 1 aromatic carbocycles. The molecule has 0 aliphatic heterocycles. The molecule has 7 heteroatoms. The summed E-state index contributed by atoms with van der Waals surface area (Å²) in [4.78, 5) is 24.6. The summed E-state index contributed by atoms with van der Waals surface area (Å²) in [5.74, 6) is -1.03. The second-order valence-corrected chi connectivity index (χ2v) is 7.54. The van der Waals surface area contributed by atoms with Crippen LogP contribution in [0.1, 0.15) is 49.3 Å². The Morgan fingerprint density at radius 2 is 1.88 bits per heavy atom. The molecule has 1 N–H and O–H groups in total. The molecule has 1 amide bonds. The van der Waals surface area contributed by atoms with Crippen molar-refractivity contribution in [2.24, 2.45) is 0 Å². The molecule has 2 rings (SSSR count). The van der Waals surface area contributed by atoms with Crippen molar-refractivity contribution >= 4 is 23.5 Å². The predicted molar refractivity (Wildman–Crippen MR) is 100 cm³/mol. The molecule has 0 aliphatic carbocycles. The van der Waals surface area contributed by atoms with Gasteiger partial charge in [0.05, 0.1) is 12.2 Å². The molecule has 26 heavy (non-hydrogen) atoms. The number of nitrogens with one attached hydrogen (secondary N) is 1. The average molecular weight is 378 g/mol. The van der Waals surface area contributed by atoms with Gasteiger partial charge in [0, 0.05) is 5.54 Å². The van der Waals surface area contributed by atoms with E-state index in [4.69, 9.17) is 16.3 Å². The van der Waals surface area contributed by atoms with Crippen LogP contribution in [0.25, 0.3) is 0 Å². The molecule has 0 fully saturated rings. The lowest BCUT2D eigenvalue weighted by atomic mass is 10.1. The van der Waals surface area contributed by atoms with Gasteiger partial charge in [-0.25, -0.2) is 9.48 Å². The van der Waals surface area contributed by atoms with Crippen molar-refractivity contribution < 1.29 is 14.3 Å². The van der Waals surface area contributed by atoms with Crippen LogP contribution < -0.4 is 5.32 Å². The molecule has 1 unspecified atom stereocenters. The van der Waals surface area contributed by atoms with Crippen LogP contribution in [0.4, 0.5) is 0 Å². The fourth-order valence-electron chi connectivity index (χ4n) is 2.39. The molecular weight excluding hydrogens is 354 g/mol. The maximum Gasteiger partial charge on any atom is 0.343 e. The number of carbonyl (C=O) groups is 2. The topological polar surface area (TPSA) is 73.2 Å². The van der Waals surface area contributed by atoms with Gasteiger partial charge in [0.25, 0.3) is 5.91 Å². The van der Waals surface area contributed by atoms with E-state index in [9.17, 15) is 9.59 Å². The van der Waals surface area contributed by atoms with E-state index >= 15 is 0 Å². The molecule has 0 saturated heterocycles. The lowest BCUT2D eigenvalue weighted by Crippen LogP contribution is -2.46. The van der Waals surface area contributed by atoms with Crippen LogP contribution in [0.3, 0.4) is 0 Å². The van der Waals surface area contributed by atoms with Crippen LogP contribution in [0.2, 0.25) is 5.15 Å². The molecular formula is C19H24ClN3O3. The van der Waals surface area contributed by atoms with E-state index in [0.717, 1.165) is 5.56 Å². The molecule has 1 heterocycles. The number of rotatable bonds is 5. The monoisotopic (exact) mass is 377 g/mol. The quantitative estimate of drug-likeness (QED) is 0.811. The third-order valence-corrected chi connectivity index (χ3v) is 3.98. The van der Waals surface area contributed by atoms with Crippen molar-refractivity contribution in [3.05, 3.63) is 52.3 Å². The third-order valence-electron chi connectivity index (χ3n) is 3.60. The standard InChI is InChI=1S/C19H24ClN3O3/c1-12-15(18(25)26-13(2)17(24)21-19(3,4)5)16(20)23(22-12)11-14-9-7-6-8-10-14/h6-10,13H,11H2,1-5H3,(H,21,24). The van der Waals surface area contributed by atoms with Gasteiger partial charge in [-0.2, -0.15) is 5.10 Å². The molecule has 0 spiro atoms. The minimum Gasteiger partial charge on any atom is -0.449 e. The van der Waals surface area contributed by atoms with Crippen LogP contribution in [-0.2, 0) is 16.1 Å². The Hall–Kier alpha value is -2.34. The largest absolute Gasteiger partial charge is 0.449 e. The van der Waals surface area contributed by atoms with Gasteiger partial charge in [-0.05, 0) is 40.2 Å². The molecule has 0 radical (unpaired) electrons. The van der Waals surface area contributed by atoms with Crippen molar-refractivity contribution in [2.45, 2.75) is 52.8 Å². The SMILES string of the molecule is Cc1nn(Cc2ccccc2)c(Cl)c1C(=O)OC(C)C(=O)NC(C)(C)C. The van der Waals surface area contributed by atoms with E-state index in [1.54, 1.807) is 11.6 Å². The van der Waals surface area contributed by atoms with Gasteiger partial charge < -0.3 is 10.1 Å². The maximum atomic E-state index is 12.5. The second kappa shape index (κ2) is 7.91. The first-order valence-corrected chi connectivity index (χ1v) is 8.76. The van der Waals surface area contributed by atoms with E-state index in [1.807, 2.05) is 51.1 Å². The molecule has 2 aromatic rings. The number of hydrogen-bond donors (Lipinski definition) is 1. The molecule has 0 saturated carbocycles. The van der Waals surface area contributed by atoms with E-state index in [-0.39, 0.29) is 16.6 Å². The number of hydrogen-bond acceptors (Lipinski definition) is 4. The summed E-state index contributed by atoms with van der Waals surface area (Å²) in [6.45, 7) is 9.21. The van der Waals surface area contributed by atoms with Crippen LogP contribution in [0.5, 0.6) is 0 Å². The summed E-state index contributed by atoms with van der Waals surface area (Å²) >= 11 is 6.34. The zero-order valence-corrected chi connectivity index (χ0v) is 16.4. The highest BCUT2D eigenvalue weighted by atomic mass is 35.5. The highest BCUT2D eigenvalue weighted by Crippen LogP contribution is 2.22. The van der Waals surface area contributed by atoms with Crippen LogP contribution >= 0.6 is 11.6 Å². The summed E-state index contributed by atoms with van der Waals surface area (Å²) in [6, 6.07) is 9.66. The summed E-state index contributed by atoms with van der Waals surface area (Å²) in [6.07, 6.45) is -0.935. The lowest BCUT2D eigenvalue weighted by Gasteiger charge is -2.23. The second-order valence-electron chi connectivity index (χ2n) is 7.18. The zero-order valence-electron chi connectivity index (χ0n) is 15.7. The Bertz CT molecular complexity index is 794. The van der Waals surface area contributed by atoms with Gasteiger partial charge in [0.2, 0.25) is 0 Å². The van der Waals surface area contributed by atoms with Crippen molar-refractivity contribution in [1.29, 1.82) is 0 Å². The number of nitrogens with zero attached hydrogens (tertiary/aromatic N) is 2. The van der Waals surface area contributed by atoms with Crippen LogP contribution in [0.15, 0.2) is 30.3 Å².